The number of nitrogens with zero attached hydrogens (tertiary/aromatic N) is 2. The van der Waals surface area contributed by atoms with E-state index in [-0.39, 0.29) is 0 Å². The highest BCUT2D eigenvalue weighted by atomic mass is 32.1. The third kappa shape index (κ3) is 2.28. The third-order valence-electron chi connectivity index (χ3n) is 3.89. The maximum Gasteiger partial charge on any atom is 0.147 e. The van der Waals surface area contributed by atoms with E-state index in [0.717, 1.165) is 35.7 Å². The van der Waals surface area contributed by atoms with Crippen molar-refractivity contribution in [3.8, 4) is 0 Å². The Kier molecular flexibility index (Phi) is 3.09. The molecule has 0 spiro atoms. The smallest absolute Gasteiger partial charge is 0.147 e. The molecule has 0 radical (unpaired) electrons. The van der Waals surface area contributed by atoms with Gasteiger partial charge >= 0.3 is 0 Å². The molecule has 0 unspecified atom stereocenters. The standard InChI is InChI=1S/C16H16N4S/c1-10-8-21-15-14(10)19-9-20-16(15)18-5-11-2-3-12-6-17-7-13(12)4-11/h2-4,8-9,17H,5-7H2,1H3,(H,18,19,20). The number of hydrogen-bond acceptors (Lipinski definition) is 5. The van der Waals surface area contributed by atoms with E-state index in [1.807, 2.05) is 0 Å². The minimum Gasteiger partial charge on any atom is -0.365 e. The fourth-order valence-electron chi connectivity index (χ4n) is 2.74. The van der Waals surface area contributed by atoms with Crippen LogP contribution in [0, 0.1) is 6.92 Å². The van der Waals surface area contributed by atoms with Gasteiger partial charge in [-0.1, -0.05) is 18.2 Å². The van der Waals surface area contributed by atoms with E-state index >= 15 is 0 Å². The van der Waals surface area contributed by atoms with Crippen molar-refractivity contribution >= 4 is 27.4 Å². The summed E-state index contributed by atoms with van der Waals surface area (Å²) in [6.07, 6.45) is 1.64. The molecule has 4 nitrogen and oxygen atoms in total. The van der Waals surface area contributed by atoms with Crippen LogP contribution in [0.4, 0.5) is 5.82 Å². The fraction of sp³-hybridized carbons (Fsp3) is 0.250. The average molecular weight is 296 g/mol. The van der Waals surface area contributed by atoms with E-state index in [4.69, 9.17) is 0 Å². The first-order valence-electron chi connectivity index (χ1n) is 7.05. The zero-order valence-corrected chi connectivity index (χ0v) is 12.6. The van der Waals surface area contributed by atoms with Gasteiger partial charge in [0.15, 0.2) is 0 Å². The highest BCUT2D eigenvalue weighted by Gasteiger charge is 2.11. The number of fused-ring (bicyclic) bond motifs is 2. The number of thiophene rings is 1. The number of aromatic nitrogens is 2. The Morgan fingerprint density at radius 2 is 2.14 bits per heavy atom. The van der Waals surface area contributed by atoms with Crippen molar-refractivity contribution in [2.75, 3.05) is 5.32 Å². The van der Waals surface area contributed by atoms with Gasteiger partial charge in [-0.05, 0) is 34.6 Å². The van der Waals surface area contributed by atoms with Crippen LogP contribution in [-0.4, -0.2) is 9.97 Å². The predicted molar refractivity (Wildman–Crippen MR) is 86.5 cm³/mol. The van der Waals surface area contributed by atoms with Crippen molar-refractivity contribution in [2.45, 2.75) is 26.6 Å². The first-order valence-corrected chi connectivity index (χ1v) is 7.93. The first-order chi connectivity index (χ1) is 10.3. The highest BCUT2D eigenvalue weighted by molar-refractivity contribution is 7.18. The Morgan fingerprint density at radius 1 is 1.24 bits per heavy atom. The quantitative estimate of drug-likeness (QED) is 0.779. The summed E-state index contributed by atoms with van der Waals surface area (Å²) in [7, 11) is 0. The van der Waals surface area contributed by atoms with Gasteiger partial charge in [0.25, 0.3) is 0 Å². The highest BCUT2D eigenvalue weighted by Crippen LogP contribution is 2.28. The van der Waals surface area contributed by atoms with Gasteiger partial charge in [0.05, 0.1) is 10.2 Å². The molecule has 21 heavy (non-hydrogen) atoms. The minimum absolute atomic E-state index is 0.788. The first kappa shape index (κ1) is 12.7. The van der Waals surface area contributed by atoms with Crippen molar-refractivity contribution in [1.82, 2.24) is 15.3 Å². The molecule has 3 aromatic rings. The fourth-order valence-corrected chi connectivity index (χ4v) is 3.71. The van der Waals surface area contributed by atoms with Gasteiger partial charge in [-0.25, -0.2) is 9.97 Å². The Morgan fingerprint density at radius 3 is 3.10 bits per heavy atom. The summed E-state index contributed by atoms with van der Waals surface area (Å²) in [6.45, 7) is 4.84. The number of rotatable bonds is 3. The summed E-state index contributed by atoms with van der Waals surface area (Å²) in [6, 6.07) is 6.69. The molecule has 5 heteroatoms. The second-order valence-corrected chi connectivity index (χ2v) is 6.26. The van der Waals surface area contributed by atoms with Gasteiger partial charge in [-0.3, -0.25) is 0 Å². The SMILES string of the molecule is Cc1csc2c(NCc3ccc4c(c3)CNC4)ncnc12. The second-order valence-electron chi connectivity index (χ2n) is 5.38. The molecule has 2 N–H and O–H groups in total. The summed E-state index contributed by atoms with van der Waals surface area (Å²) in [5.41, 5.74) is 6.38. The van der Waals surface area contributed by atoms with Gasteiger partial charge < -0.3 is 10.6 Å². The molecule has 3 heterocycles. The molecule has 1 aliphatic heterocycles. The molecule has 0 fully saturated rings. The second kappa shape index (κ2) is 5.09. The number of nitrogens with one attached hydrogen (secondary N) is 2. The van der Waals surface area contributed by atoms with Crippen molar-refractivity contribution in [3.05, 3.63) is 52.2 Å². The van der Waals surface area contributed by atoms with Crippen molar-refractivity contribution in [1.29, 1.82) is 0 Å². The summed E-state index contributed by atoms with van der Waals surface area (Å²) < 4.78 is 1.14. The summed E-state index contributed by atoms with van der Waals surface area (Å²) >= 11 is 1.70. The van der Waals surface area contributed by atoms with Crippen LogP contribution in [0.3, 0.4) is 0 Å². The van der Waals surface area contributed by atoms with Crippen LogP contribution < -0.4 is 10.6 Å². The van der Waals surface area contributed by atoms with Crippen LogP contribution in [0.5, 0.6) is 0 Å². The van der Waals surface area contributed by atoms with Gasteiger partial charge in [0.2, 0.25) is 0 Å². The molecule has 0 amide bonds. The molecule has 0 atom stereocenters. The molecular weight excluding hydrogens is 280 g/mol. The topological polar surface area (TPSA) is 49.8 Å². The van der Waals surface area contributed by atoms with Crippen molar-refractivity contribution in [2.24, 2.45) is 0 Å². The van der Waals surface area contributed by atoms with Crippen LogP contribution >= 0.6 is 11.3 Å². The minimum atomic E-state index is 0.788. The predicted octanol–water partition coefficient (Wildman–Crippen LogP) is 3.22. The number of aryl methyl sites for hydroxylation is 1. The third-order valence-corrected chi connectivity index (χ3v) is 4.99. The maximum absolute atomic E-state index is 4.38. The molecule has 0 aliphatic carbocycles. The van der Waals surface area contributed by atoms with Crippen molar-refractivity contribution < 1.29 is 0 Å². The Hall–Kier alpha value is -1.98. The zero-order valence-electron chi connectivity index (χ0n) is 11.8. The number of hydrogen-bond donors (Lipinski definition) is 2. The van der Waals surface area contributed by atoms with Crippen LogP contribution in [0.25, 0.3) is 10.2 Å². The monoisotopic (exact) mass is 296 g/mol. The lowest BCUT2D eigenvalue weighted by Gasteiger charge is -2.08. The Balaban J connectivity index is 1.58. The molecule has 0 saturated carbocycles. The summed E-state index contributed by atoms with van der Waals surface area (Å²) in [4.78, 5) is 8.74. The maximum atomic E-state index is 4.38. The molecule has 106 valence electrons. The number of benzene rings is 1. The molecule has 2 aromatic heterocycles. The molecule has 0 bridgehead atoms. The van der Waals surface area contributed by atoms with Crippen LogP contribution in [0.15, 0.2) is 29.9 Å². The summed E-state index contributed by atoms with van der Waals surface area (Å²) in [5.74, 6) is 0.928. The normalized spacial score (nSPS) is 13.6. The van der Waals surface area contributed by atoms with Crippen LogP contribution in [0.1, 0.15) is 22.3 Å². The van der Waals surface area contributed by atoms with Gasteiger partial charge in [-0.15, -0.1) is 11.3 Å². The van der Waals surface area contributed by atoms with Crippen LogP contribution in [-0.2, 0) is 19.6 Å². The lowest BCUT2D eigenvalue weighted by Crippen LogP contribution is -2.02. The van der Waals surface area contributed by atoms with Gasteiger partial charge in [0, 0.05) is 19.6 Å². The van der Waals surface area contributed by atoms with E-state index in [9.17, 15) is 0 Å². The molecule has 4 rings (SSSR count). The van der Waals surface area contributed by atoms with E-state index in [1.54, 1.807) is 17.7 Å². The molecular formula is C16H16N4S. The lowest BCUT2D eigenvalue weighted by molar-refractivity contribution is 0.764. The van der Waals surface area contributed by atoms with Crippen LogP contribution in [0.2, 0.25) is 0 Å². The number of anilines is 1. The van der Waals surface area contributed by atoms with E-state index in [1.165, 1.54) is 22.3 Å². The van der Waals surface area contributed by atoms with Gasteiger partial charge in [-0.2, -0.15) is 0 Å². The lowest BCUT2D eigenvalue weighted by atomic mass is 10.1. The zero-order chi connectivity index (χ0) is 14.2. The van der Waals surface area contributed by atoms with E-state index in [0.29, 0.717) is 0 Å². The average Bonchev–Trinajstić information content (AvgIpc) is 3.12. The molecule has 0 saturated heterocycles. The van der Waals surface area contributed by atoms with Crippen molar-refractivity contribution in [3.63, 3.8) is 0 Å². The Labute approximate surface area is 127 Å². The van der Waals surface area contributed by atoms with E-state index < -0.39 is 0 Å². The van der Waals surface area contributed by atoms with E-state index in [2.05, 4.69) is 51.1 Å². The Bertz CT molecular complexity index is 809. The summed E-state index contributed by atoms with van der Waals surface area (Å²) in [5, 5.41) is 8.95. The largest absolute Gasteiger partial charge is 0.365 e. The molecule has 1 aromatic carbocycles. The van der Waals surface area contributed by atoms with Gasteiger partial charge in [0.1, 0.15) is 12.1 Å². The molecule has 1 aliphatic rings.